The predicted molar refractivity (Wildman–Crippen MR) is 123 cm³/mol. The standard InChI is InChI=1S/C22H23F4N7O2/c1-28-32-19(20(27)34)13-7-9-33(10-8-13)18-4-2-3-15(12-29-18)30-21(35)31-17-11-14(22(24,25)26)5-6-16(17)23/h2-3,5-7,11-12,28H,4,8-10H2,1H3,(H2,27,34)(H2,30,31,35)/b32-19+. The molecule has 1 aromatic rings. The van der Waals surface area contributed by atoms with Gasteiger partial charge in [0, 0.05) is 26.6 Å². The molecule has 2 aliphatic rings. The monoisotopic (exact) mass is 493 g/mol. The van der Waals surface area contributed by atoms with Gasteiger partial charge in [0.25, 0.3) is 5.91 Å². The molecule has 9 nitrogen and oxygen atoms in total. The number of benzene rings is 1. The molecular formula is C22H23F4N7O2. The Morgan fingerprint density at radius 3 is 2.63 bits per heavy atom. The number of nitrogens with two attached hydrogens (primary N) is 1. The summed E-state index contributed by atoms with van der Waals surface area (Å²) in [6, 6.07) is 0.818. The van der Waals surface area contributed by atoms with Crippen LogP contribution < -0.4 is 21.8 Å². The maximum absolute atomic E-state index is 13.9. The first-order valence-corrected chi connectivity index (χ1v) is 10.4. The van der Waals surface area contributed by atoms with E-state index in [-0.39, 0.29) is 11.4 Å². The van der Waals surface area contributed by atoms with Gasteiger partial charge < -0.3 is 26.7 Å². The van der Waals surface area contributed by atoms with Gasteiger partial charge in [-0.3, -0.25) is 4.79 Å². The lowest BCUT2D eigenvalue weighted by atomic mass is 10.0. The average Bonchev–Trinajstić information content (AvgIpc) is 3.03. The number of aliphatic imine (C=N–C) groups is 1. The third kappa shape index (κ3) is 6.68. The first kappa shape index (κ1) is 25.5. The molecule has 0 fully saturated rings. The predicted octanol–water partition coefficient (Wildman–Crippen LogP) is 2.86. The van der Waals surface area contributed by atoms with Crippen LogP contribution in [0, 0.1) is 5.82 Å². The summed E-state index contributed by atoms with van der Waals surface area (Å²) in [4.78, 5) is 30.2. The van der Waals surface area contributed by atoms with Crippen LogP contribution in [0.2, 0.25) is 0 Å². The molecule has 0 aliphatic carbocycles. The Balaban J connectivity index is 1.65. The molecule has 0 atom stereocenters. The first-order chi connectivity index (χ1) is 16.6. The van der Waals surface area contributed by atoms with Crippen LogP contribution in [0.1, 0.15) is 18.4 Å². The summed E-state index contributed by atoms with van der Waals surface area (Å²) >= 11 is 0. The SMILES string of the molecule is CN/N=C(/C(N)=O)C1=CCN(C2=NC=C(NC(=O)Nc3cc(C(F)(F)F)ccc3F)C=CC2)CC1. The number of hydrazone groups is 1. The van der Waals surface area contributed by atoms with E-state index in [1.165, 1.54) is 6.20 Å². The molecule has 0 saturated carbocycles. The molecule has 0 radical (unpaired) electrons. The molecule has 2 heterocycles. The van der Waals surface area contributed by atoms with Gasteiger partial charge in [-0.25, -0.2) is 14.2 Å². The number of nitrogens with one attached hydrogen (secondary N) is 3. The highest BCUT2D eigenvalue weighted by Gasteiger charge is 2.31. The minimum Gasteiger partial charge on any atom is -0.364 e. The number of hydrogen-bond donors (Lipinski definition) is 4. The molecule has 2 aliphatic heterocycles. The lowest BCUT2D eigenvalue weighted by molar-refractivity contribution is -0.137. The molecule has 3 amide bonds. The van der Waals surface area contributed by atoms with Crippen molar-refractivity contribution in [3.63, 3.8) is 0 Å². The summed E-state index contributed by atoms with van der Waals surface area (Å²) in [6.07, 6.45) is 2.84. The fourth-order valence-electron chi connectivity index (χ4n) is 3.41. The molecule has 0 bridgehead atoms. The summed E-state index contributed by atoms with van der Waals surface area (Å²) in [6.45, 7) is 1.02. The topological polar surface area (TPSA) is 124 Å². The third-order valence-electron chi connectivity index (χ3n) is 5.09. The van der Waals surface area contributed by atoms with Crippen LogP contribution >= 0.6 is 0 Å². The largest absolute Gasteiger partial charge is 0.416 e. The maximum atomic E-state index is 13.9. The molecule has 0 spiro atoms. The zero-order valence-corrected chi connectivity index (χ0v) is 18.6. The Labute approximate surface area is 198 Å². The summed E-state index contributed by atoms with van der Waals surface area (Å²) < 4.78 is 52.4. The van der Waals surface area contributed by atoms with E-state index in [4.69, 9.17) is 5.73 Å². The highest BCUT2D eigenvalue weighted by atomic mass is 19.4. The van der Waals surface area contributed by atoms with Crippen molar-refractivity contribution in [3.05, 3.63) is 65.3 Å². The van der Waals surface area contributed by atoms with E-state index in [2.05, 4.69) is 26.2 Å². The zero-order valence-electron chi connectivity index (χ0n) is 18.6. The van der Waals surface area contributed by atoms with E-state index in [0.29, 0.717) is 50.0 Å². The van der Waals surface area contributed by atoms with Gasteiger partial charge in [-0.2, -0.15) is 18.3 Å². The summed E-state index contributed by atoms with van der Waals surface area (Å²) in [7, 11) is 1.57. The minimum atomic E-state index is -4.68. The number of anilines is 1. The Kier molecular flexibility index (Phi) is 7.89. The van der Waals surface area contributed by atoms with E-state index >= 15 is 0 Å². The van der Waals surface area contributed by atoms with E-state index in [1.54, 1.807) is 19.2 Å². The fraction of sp³-hybridized carbons (Fsp3) is 0.273. The van der Waals surface area contributed by atoms with Crippen molar-refractivity contribution in [1.82, 2.24) is 15.6 Å². The molecule has 1 aromatic carbocycles. The number of primary amides is 1. The number of urea groups is 1. The number of halogens is 4. The quantitative estimate of drug-likeness (QED) is 0.286. The summed E-state index contributed by atoms with van der Waals surface area (Å²) in [5.74, 6) is -0.935. The van der Waals surface area contributed by atoms with Crippen molar-refractivity contribution in [2.45, 2.75) is 19.0 Å². The molecule has 35 heavy (non-hydrogen) atoms. The maximum Gasteiger partial charge on any atom is 0.416 e. The number of allylic oxidation sites excluding steroid dienone is 1. The van der Waals surface area contributed by atoms with Gasteiger partial charge in [0.15, 0.2) is 5.71 Å². The number of nitrogens with zero attached hydrogens (tertiary/aromatic N) is 3. The van der Waals surface area contributed by atoms with Gasteiger partial charge in [-0.1, -0.05) is 12.2 Å². The number of alkyl halides is 3. The lowest BCUT2D eigenvalue weighted by Gasteiger charge is -2.28. The third-order valence-corrected chi connectivity index (χ3v) is 5.09. The second-order valence-corrected chi connectivity index (χ2v) is 7.48. The van der Waals surface area contributed by atoms with Crippen LogP contribution in [0.4, 0.5) is 28.0 Å². The van der Waals surface area contributed by atoms with E-state index in [9.17, 15) is 27.2 Å². The molecule has 0 saturated heterocycles. The van der Waals surface area contributed by atoms with Gasteiger partial charge in [-0.05, 0) is 36.3 Å². The number of amides is 3. The Morgan fingerprint density at radius 1 is 1.23 bits per heavy atom. The van der Waals surface area contributed by atoms with Gasteiger partial charge >= 0.3 is 12.2 Å². The van der Waals surface area contributed by atoms with Gasteiger partial charge in [0.1, 0.15) is 11.7 Å². The molecule has 5 N–H and O–H groups in total. The fourth-order valence-corrected chi connectivity index (χ4v) is 3.41. The molecule has 3 rings (SSSR count). The van der Waals surface area contributed by atoms with Crippen LogP contribution in [-0.2, 0) is 11.0 Å². The smallest absolute Gasteiger partial charge is 0.364 e. The zero-order chi connectivity index (χ0) is 25.6. The van der Waals surface area contributed by atoms with Crippen LogP contribution in [0.3, 0.4) is 0 Å². The Hall–Kier alpha value is -4.16. The number of amidine groups is 1. The van der Waals surface area contributed by atoms with Crippen LogP contribution in [0.5, 0.6) is 0 Å². The average molecular weight is 493 g/mol. The normalized spacial score (nSPS) is 16.5. The first-order valence-electron chi connectivity index (χ1n) is 10.4. The highest BCUT2D eigenvalue weighted by molar-refractivity contribution is 6.44. The second kappa shape index (κ2) is 10.8. The number of rotatable bonds is 5. The number of hydrogen-bond acceptors (Lipinski definition) is 6. The van der Waals surface area contributed by atoms with Gasteiger partial charge in [-0.15, -0.1) is 0 Å². The van der Waals surface area contributed by atoms with E-state index in [0.717, 1.165) is 5.57 Å². The number of carbonyl (C=O) groups excluding carboxylic acids is 2. The molecule has 0 unspecified atom stereocenters. The van der Waals surface area contributed by atoms with Crippen molar-refractivity contribution in [2.75, 3.05) is 25.5 Å². The summed E-state index contributed by atoms with van der Waals surface area (Å²) in [5, 5.41) is 8.43. The van der Waals surface area contributed by atoms with Crippen molar-refractivity contribution in [3.8, 4) is 0 Å². The van der Waals surface area contributed by atoms with E-state index in [1.807, 2.05) is 11.0 Å². The number of carbonyl (C=O) groups is 2. The molecular weight excluding hydrogens is 470 g/mol. The Bertz CT molecular complexity index is 1150. The highest BCUT2D eigenvalue weighted by Crippen LogP contribution is 2.31. The van der Waals surface area contributed by atoms with Crippen molar-refractivity contribution in [2.24, 2.45) is 15.8 Å². The van der Waals surface area contributed by atoms with E-state index < -0.39 is 35.2 Å². The lowest BCUT2D eigenvalue weighted by Crippen LogP contribution is -2.37. The van der Waals surface area contributed by atoms with Crippen molar-refractivity contribution in [1.29, 1.82) is 0 Å². The Morgan fingerprint density at radius 2 is 2.00 bits per heavy atom. The summed E-state index contributed by atoms with van der Waals surface area (Å²) in [5.41, 5.74) is 7.40. The van der Waals surface area contributed by atoms with Crippen LogP contribution in [0.15, 0.2) is 64.0 Å². The van der Waals surface area contributed by atoms with Gasteiger partial charge in [0.05, 0.1) is 23.1 Å². The molecule has 186 valence electrons. The van der Waals surface area contributed by atoms with Gasteiger partial charge in [0.2, 0.25) is 0 Å². The molecule has 13 heteroatoms. The van der Waals surface area contributed by atoms with Crippen LogP contribution in [-0.4, -0.2) is 48.5 Å². The second-order valence-electron chi connectivity index (χ2n) is 7.48. The minimum absolute atomic E-state index is 0.171. The van der Waals surface area contributed by atoms with Crippen molar-refractivity contribution >= 4 is 29.2 Å². The van der Waals surface area contributed by atoms with Crippen LogP contribution in [0.25, 0.3) is 0 Å². The van der Waals surface area contributed by atoms with Crippen molar-refractivity contribution < 1.29 is 27.2 Å². The molecule has 0 aromatic heterocycles.